The Morgan fingerprint density at radius 1 is 1.43 bits per heavy atom. The third-order valence-electron chi connectivity index (χ3n) is 1.98. The van der Waals surface area contributed by atoms with E-state index in [0.717, 1.165) is 24.8 Å². The summed E-state index contributed by atoms with van der Waals surface area (Å²) in [5.41, 5.74) is 1.34. The first-order chi connectivity index (χ1) is 6.24. The van der Waals surface area contributed by atoms with Crippen LogP contribution in [0.1, 0.15) is 35.7 Å². The van der Waals surface area contributed by atoms with Gasteiger partial charge in [0.1, 0.15) is 0 Å². The van der Waals surface area contributed by atoms with Crippen molar-refractivity contribution >= 4 is 5.97 Å². The third-order valence-corrected chi connectivity index (χ3v) is 1.98. The molecule has 0 atom stereocenters. The normalized spacial score (nSPS) is 9.21. The number of carboxylic acid groups (broad SMARTS) is 1. The van der Waals surface area contributed by atoms with Crippen LogP contribution in [0.4, 0.5) is 0 Å². The average molecular weight is 216 g/mol. The van der Waals surface area contributed by atoms with E-state index in [4.69, 9.17) is 0 Å². The molecule has 0 aliphatic heterocycles. The van der Waals surface area contributed by atoms with Crippen LogP contribution >= 0.6 is 0 Å². The Balaban J connectivity index is 0.00000169. The van der Waals surface area contributed by atoms with Crippen LogP contribution in [0.5, 0.6) is 0 Å². The summed E-state index contributed by atoms with van der Waals surface area (Å²) in [7, 11) is 0. The first kappa shape index (κ1) is 14.3. The quantitative estimate of drug-likeness (QED) is 0.569. The number of aryl methyl sites for hydroxylation is 1. The van der Waals surface area contributed by atoms with Gasteiger partial charge in [-0.3, -0.25) is 0 Å². The van der Waals surface area contributed by atoms with Crippen molar-refractivity contribution in [3.8, 4) is 0 Å². The Morgan fingerprint density at radius 3 is 2.71 bits per heavy atom. The number of aromatic carboxylic acids is 1. The molecule has 14 heavy (non-hydrogen) atoms. The van der Waals surface area contributed by atoms with E-state index in [0.29, 0.717) is 0 Å². The molecule has 0 amide bonds. The van der Waals surface area contributed by atoms with E-state index in [-0.39, 0.29) is 56.9 Å². The summed E-state index contributed by atoms with van der Waals surface area (Å²) >= 11 is 0. The molecule has 3 heteroatoms. The van der Waals surface area contributed by atoms with Gasteiger partial charge in [-0.25, -0.2) is 0 Å². The Morgan fingerprint density at radius 2 is 2.14 bits per heavy atom. The molecule has 0 N–H and O–H groups in total. The van der Waals surface area contributed by atoms with E-state index in [9.17, 15) is 9.90 Å². The molecule has 0 unspecified atom stereocenters. The molecule has 0 aliphatic carbocycles. The van der Waals surface area contributed by atoms with Crippen molar-refractivity contribution in [2.24, 2.45) is 0 Å². The zero-order valence-corrected chi connectivity index (χ0v) is 11.9. The van der Waals surface area contributed by atoms with Crippen molar-refractivity contribution in [3.63, 3.8) is 0 Å². The van der Waals surface area contributed by atoms with Crippen LogP contribution in [0.25, 0.3) is 0 Å². The summed E-state index contributed by atoms with van der Waals surface area (Å²) in [6, 6.07) is 6.95. The number of hydrogen-bond donors (Lipinski definition) is 0. The second-order valence-corrected chi connectivity index (χ2v) is 3.09. The standard InChI is InChI=1S/C11H14O2.K/c1-2-3-5-9-6-4-7-10(8-9)11(12)13;/h4,6-8H,2-3,5H2,1H3,(H,12,13);/q;+1/p-1. The van der Waals surface area contributed by atoms with Crippen LogP contribution < -0.4 is 56.5 Å². The Bertz CT molecular complexity index is 297. The van der Waals surface area contributed by atoms with E-state index in [1.807, 2.05) is 6.07 Å². The number of hydrogen-bond acceptors (Lipinski definition) is 2. The molecule has 70 valence electrons. The van der Waals surface area contributed by atoms with Crippen molar-refractivity contribution < 1.29 is 61.3 Å². The Hall–Kier alpha value is 0.326. The molecule has 0 spiro atoms. The molecule has 0 bridgehead atoms. The van der Waals surface area contributed by atoms with Gasteiger partial charge in [0, 0.05) is 0 Å². The fraction of sp³-hybridized carbons (Fsp3) is 0.364. The van der Waals surface area contributed by atoms with Gasteiger partial charge in [-0.2, -0.15) is 0 Å². The topological polar surface area (TPSA) is 40.1 Å². The second kappa shape index (κ2) is 7.60. The van der Waals surface area contributed by atoms with Gasteiger partial charge in [0.15, 0.2) is 0 Å². The Kier molecular flexibility index (Phi) is 7.77. The fourth-order valence-electron chi connectivity index (χ4n) is 1.23. The minimum Gasteiger partial charge on any atom is -0.545 e. The van der Waals surface area contributed by atoms with Crippen LogP contribution in [0.15, 0.2) is 24.3 Å². The van der Waals surface area contributed by atoms with Crippen molar-refractivity contribution in [3.05, 3.63) is 35.4 Å². The second-order valence-electron chi connectivity index (χ2n) is 3.09. The molecular weight excluding hydrogens is 203 g/mol. The summed E-state index contributed by atoms with van der Waals surface area (Å²) < 4.78 is 0. The summed E-state index contributed by atoms with van der Waals surface area (Å²) in [5.74, 6) is -1.10. The van der Waals surface area contributed by atoms with Gasteiger partial charge in [-0.1, -0.05) is 31.5 Å². The van der Waals surface area contributed by atoms with Gasteiger partial charge in [0.05, 0.1) is 5.97 Å². The van der Waals surface area contributed by atoms with Gasteiger partial charge in [-0.05, 0) is 30.0 Å². The largest absolute Gasteiger partial charge is 1.00 e. The van der Waals surface area contributed by atoms with Crippen molar-refractivity contribution in [2.45, 2.75) is 26.2 Å². The van der Waals surface area contributed by atoms with Gasteiger partial charge in [-0.15, -0.1) is 0 Å². The van der Waals surface area contributed by atoms with Gasteiger partial charge >= 0.3 is 51.4 Å². The number of unbranched alkanes of at least 4 members (excludes halogenated alkanes) is 1. The average Bonchev–Trinajstić information content (AvgIpc) is 2.15. The van der Waals surface area contributed by atoms with Crippen LogP contribution in [0, 0.1) is 0 Å². The van der Waals surface area contributed by atoms with Crippen molar-refractivity contribution in [1.29, 1.82) is 0 Å². The number of carboxylic acids is 1. The fourth-order valence-corrected chi connectivity index (χ4v) is 1.23. The Labute approximate surface area is 127 Å². The zero-order chi connectivity index (χ0) is 9.68. The molecule has 2 nitrogen and oxygen atoms in total. The minimum absolute atomic E-state index is 0. The van der Waals surface area contributed by atoms with E-state index in [1.165, 1.54) is 0 Å². The number of carbonyl (C=O) groups is 1. The minimum atomic E-state index is -1.10. The maximum Gasteiger partial charge on any atom is 1.00 e. The summed E-state index contributed by atoms with van der Waals surface area (Å²) in [5, 5.41) is 10.5. The van der Waals surface area contributed by atoms with E-state index in [2.05, 4.69) is 6.92 Å². The van der Waals surface area contributed by atoms with Crippen LogP contribution in [0.3, 0.4) is 0 Å². The summed E-state index contributed by atoms with van der Waals surface area (Å²) in [6.07, 6.45) is 3.16. The molecule has 0 saturated carbocycles. The molecule has 0 aliphatic rings. The van der Waals surface area contributed by atoms with E-state index < -0.39 is 5.97 Å². The SMILES string of the molecule is CCCCc1cccc(C(=O)[O-])c1.[K+]. The molecule has 1 rings (SSSR count). The summed E-state index contributed by atoms with van der Waals surface area (Å²) in [6.45, 7) is 2.11. The van der Waals surface area contributed by atoms with Crippen LogP contribution in [0.2, 0.25) is 0 Å². The molecule has 0 radical (unpaired) electrons. The number of benzene rings is 1. The molecular formula is C11H13KO2. The molecule has 0 fully saturated rings. The maximum absolute atomic E-state index is 10.5. The molecule has 0 saturated heterocycles. The first-order valence-electron chi connectivity index (χ1n) is 4.54. The summed E-state index contributed by atoms with van der Waals surface area (Å²) in [4.78, 5) is 10.5. The maximum atomic E-state index is 10.5. The van der Waals surface area contributed by atoms with E-state index in [1.54, 1.807) is 18.2 Å². The van der Waals surface area contributed by atoms with Crippen LogP contribution in [-0.4, -0.2) is 5.97 Å². The molecule has 1 aromatic carbocycles. The smallest absolute Gasteiger partial charge is 0.545 e. The number of carbonyl (C=O) groups excluding carboxylic acids is 1. The van der Waals surface area contributed by atoms with Gasteiger partial charge < -0.3 is 9.90 Å². The van der Waals surface area contributed by atoms with E-state index >= 15 is 0 Å². The third kappa shape index (κ3) is 4.71. The monoisotopic (exact) mass is 216 g/mol. The zero-order valence-electron chi connectivity index (χ0n) is 8.75. The predicted molar refractivity (Wildman–Crippen MR) is 49.4 cm³/mol. The molecule has 1 aromatic rings. The first-order valence-corrected chi connectivity index (χ1v) is 4.54. The van der Waals surface area contributed by atoms with Crippen LogP contribution in [-0.2, 0) is 6.42 Å². The molecule has 0 aromatic heterocycles. The number of rotatable bonds is 4. The van der Waals surface area contributed by atoms with Gasteiger partial charge in [0.25, 0.3) is 0 Å². The van der Waals surface area contributed by atoms with Crippen molar-refractivity contribution in [2.75, 3.05) is 0 Å². The molecule has 0 heterocycles. The van der Waals surface area contributed by atoms with Gasteiger partial charge in [0.2, 0.25) is 0 Å². The predicted octanol–water partition coefficient (Wildman–Crippen LogP) is -1.60. The van der Waals surface area contributed by atoms with Crippen molar-refractivity contribution in [1.82, 2.24) is 0 Å².